The highest BCUT2D eigenvalue weighted by Crippen LogP contribution is 2.46. The summed E-state index contributed by atoms with van der Waals surface area (Å²) >= 11 is 23.4. The van der Waals surface area contributed by atoms with Crippen molar-refractivity contribution in [2.75, 3.05) is 0 Å². The summed E-state index contributed by atoms with van der Waals surface area (Å²) in [6.45, 7) is 2.24. The SMILES string of the molecule is CCCCCCCCCCCCCCC(Cl)(Cl)C(Cl)(Cl)C(=O)O. The van der Waals surface area contributed by atoms with Gasteiger partial charge in [-0.3, -0.25) is 0 Å². The average molecular weight is 408 g/mol. The molecule has 0 rings (SSSR count). The van der Waals surface area contributed by atoms with Crippen LogP contribution in [0.3, 0.4) is 0 Å². The molecule has 0 radical (unpaired) electrons. The molecular formula is C17H30Cl4O2. The zero-order valence-corrected chi connectivity index (χ0v) is 17.1. The molecule has 0 bridgehead atoms. The first-order valence-electron chi connectivity index (χ1n) is 8.74. The maximum absolute atomic E-state index is 11.0. The Morgan fingerprint density at radius 1 is 0.739 bits per heavy atom. The summed E-state index contributed by atoms with van der Waals surface area (Å²) in [5, 5.41) is 8.94. The second kappa shape index (κ2) is 12.9. The maximum atomic E-state index is 11.0. The molecule has 23 heavy (non-hydrogen) atoms. The third-order valence-corrected chi connectivity index (χ3v) is 6.37. The summed E-state index contributed by atoms with van der Waals surface area (Å²) in [7, 11) is 0. The van der Waals surface area contributed by atoms with E-state index in [4.69, 9.17) is 51.5 Å². The van der Waals surface area contributed by atoms with Gasteiger partial charge >= 0.3 is 5.97 Å². The number of alkyl halides is 4. The Kier molecular flexibility index (Phi) is 13.3. The Hall–Kier alpha value is 0.630. The largest absolute Gasteiger partial charge is 0.479 e. The van der Waals surface area contributed by atoms with Crippen LogP contribution in [0.15, 0.2) is 0 Å². The molecule has 0 fully saturated rings. The van der Waals surface area contributed by atoms with Crippen molar-refractivity contribution in [1.82, 2.24) is 0 Å². The number of hydrogen-bond acceptors (Lipinski definition) is 1. The molecule has 0 saturated heterocycles. The van der Waals surface area contributed by atoms with E-state index in [9.17, 15) is 4.79 Å². The number of rotatable bonds is 15. The van der Waals surface area contributed by atoms with Crippen LogP contribution in [0, 0.1) is 0 Å². The van der Waals surface area contributed by atoms with Crippen LogP contribution in [0.25, 0.3) is 0 Å². The van der Waals surface area contributed by atoms with Gasteiger partial charge < -0.3 is 5.11 Å². The van der Waals surface area contributed by atoms with Crippen molar-refractivity contribution in [3.05, 3.63) is 0 Å². The number of hydrogen-bond donors (Lipinski definition) is 1. The monoisotopic (exact) mass is 406 g/mol. The van der Waals surface area contributed by atoms with Gasteiger partial charge in [0.05, 0.1) is 0 Å². The van der Waals surface area contributed by atoms with E-state index in [0.717, 1.165) is 19.3 Å². The van der Waals surface area contributed by atoms with Crippen LogP contribution in [-0.2, 0) is 4.79 Å². The van der Waals surface area contributed by atoms with Gasteiger partial charge in [-0.25, -0.2) is 4.79 Å². The normalized spacial score (nSPS) is 12.6. The summed E-state index contributed by atoms with van der Waals surface area (Å²) in [5.74, 6) is -1.41. The molecule has 0 spiro atoms. The fourth-order valence-electron chi connectivity index (χ4n) is 2.50. The van der Waals surface area contributed by atoms with E-state index in [0.29, 0.717) is 0 Å². The summed E-state index contributed by atoms with van der Waals surface area (Å²) in [4.78, 5) is 11.0. The molecule has 0 aliphatic carbocycles. The molecule has 1 N–H and O–H groups in total. The number of aliphatic carboxylic acids is 1. The van der Waals surface area contributed by atoms with E-state index in [1.54, 1.807) is 0 Å². The molecule has 0 aromatic rings. The lowest BCUT2D eigenvalue weighted by Gasteiger charge is -2.28. The van der Waals surface area contributed by atoms with E-state index in [1.807, 2.05) is 0 Å². The van der Waals surface area contributed by atoms with Gasteiger partial charge in [0, 0.05) is 0 Å². The molecule has 138 valence electrons. The first kappa shape index (κ1) is 23.6. The Labute approximate surface area is 161 Å². The maximum Gasteiger partial charge on any atom is 0.343 e. The molecule has 0 atom stereocenters. The molecule has 0 aliphatic rings. The Morgan fingerprint density at radius 2 is 1.09 bits per heavy atom. The van der Waals surface area contributed by atoms with Crippen molar-refractivity contribution in [1.29, 1.82) is 0 Å². The van der Waals surface area contributed by atoms with Gasteiger partial charge in [-0.05, 0) is 6.42 Å². The Morgan fingerprint density at radius 3 is 1.43 bits per heavy atom. The lowest BCUT2D eigenvalue weighted by molar-refractivity contribution is -0.138. The third kappa shape index (κ3) is 10.3. The summed E-state index contributed by atoms with van der Waals surface area (Å²) in [6.07, 6.45) is 14.9. The van der Waals surface area contributed by atoms with Crippen LogP contribution < -0.4 is 0 Å². The zero-order chi connectivity index (χ0) is 17.8. The van der Waals surface area contributed by atoms with E-state index in [1.165, 1.54) is 57.8 Å². The number of halogens is 4. The predicted molar refractivity (Wildman–Crippen MR) is 102 cm³/mol. The highest BCUT2D eigenvalue weighted by atomic mass is 35.5. The van der Waals surface area contributed by atoms with Crippen molar-refractivity contribution in [2.45, 2.75) is 99.1 Å². The number of carbonyl (C=O) groups is 1. The molecule has 0 aliphatic heterocycles. The van der Waals surface area contributed by atoms with Crippen LogP contribution in [0.5, 0.6) is 0 Å². The molecule has 0 aromatic heterocycles. The quantitative estimate of drug-likeness (QED) is 0.225. The molecule has 6 heteroatoms. The Balaban J connectivity index is 3.54. The first-order chi connectivity index (χ1) is 10.8. The standard InChI is InChI=1S/C17H30Cl4O2/c1-2-3-4-5-6-7-8-9-10-11-12-13-14-16(18,19)17(20,21)15(22)23/h2-14H2,1H3,(H,22,23). The highest BCUT2D eigenvalue weighted by Gasteiger charge is 2.52. The molecule has 0 saturated carbocycles. The van der Waals surface area contributed by atoms with Crippen molar-refractivity contribution >= 4 is 52.4 Å². The van der Waals surface area contributed by atoms with Gasteiger partial charge in [-0.2, -0.15) is 0 Å². The fourth-order valence-corrected chi connectivity index (χ4v) is 3.12. The highest BCUT2D eigenvalue weighted by molar-refractivity contribution is 6.68. The van der Waals surface area contributed by atoms with E-state index >= 15 is 0 Å². The lowest BCUT2D eigenvalue weighted by Crippen LogP contribution is -2.43. The second-order valence-electron chi connectivity index (χ2n) is 6.22. The minimum absolute atomic E-state index is 0.271. The van der Waals surface area contributed by atoms with Crippen molar-refractivity contribution in [3.63, 3.8) is 0 Å². The van der Waals surface area contributed by atoms with Crippen LogP contribution >= 0.6 is 46.4 Å². The lowest BCUT2D eigenvalue weighted by atomic mass is 10.0. The molecule has 0 heterocycles. The average Bonchev–Trinajstić information content (AvgIpc) is 2.48. The molecule has 0 unspecified atom stereocenters. The zero-order valence-electron chi connectivity index (χ0n) is 14.1. The van der Waals surface area contributed by atoms with Crippen molar-refractivity contribution < 1.29 is 9.90 Å². The van der Waals surface area contributed by atoms with Gasteiger partial charge in [0.25, 0.3) is 0 Å². The van der Waals surface area contributed by atoms with Crippen molar-refractivity contribution in [2.24, 2.45) is 0 Å². The Bertz CT molecular complexity index is 320. The van der Waals surface area contributed by atoms with Gasteiger partial charge in [0.1, 0.15) is 0 Å². The summed E-state index contributed by atoms with van der Waals surface area (Å²) in [5.41, 5.74) is 0. The van der Waals surface area contributed by atoms with Crippen LogP contribution in [0.2, 0.25) is 0 Å². The third-order valence-electron chi connectivity index (χ3n) is 4.07. The number of unbranched alkanes of at least 4 members (excludes halogenated alkanes) is 11. The predicted octanol–water partition coefficient (Wildman–Crippen LogP) is 7.51. The van der Waals surface area contributed by atoms with Gasteiger partial charge in [-0.1, -0.05) is 130 Å². The van der Waals surface area contributed by atoms with E-state index < -0.39 is 14.6 Å². The van der Waals surface area contributed by atoms with Crippen LogP contribution in [0.4, 0.5) is 0 Å². The number of carboxylic acids is 1. The van der Waals surface area contributed by atoms with E-state index in [-0.39, 0.29) is 6.42 Å². The smallest absolute Gasteiger partial charge is 0.343 e. The minimum Gasteiger partial charge on any atom is -0.479 e. The fraction of sp³-hybridized carbons (Fsp3) is 0.941. The first-order valence-corrected chi connectivity index (χ1v) is 10.3. The van der Waals surface area contributed by atoms with Gasteiger partial charge in [0.15, 0.2) is 4.33 Å². The minimum atomic E-state index is -2.17. The summed E-state index contributed by atoms with van der Waals surface area (Å²) in [6, 6.07) is 0. The van der Waals surface area contributed by atoms with E-state index in [2.05, 4.69) is 6.92 Å². The molecule has 2 nitrogen and oxygen atoms in total. The molecular weight excluding hydrogens is 378 g/mol. The topological polar surface area (TPSA) is 37.3 Å². The van der Waals surface area contributed by atoms with Gasteiger partial charge in [-0.15, -0.1) is 0 Å². The molecule has 0 amide bonds. The van der Waals surface area contributed by atoms with Crippen LogP contribution in [0.1, 0.15) is 90.4 Å². The summed E-state index contributed by atoms with van der Waals surface area (Å²) < 4.78 is -3.84. The number of carboxylic acid groups (broad SMARTS) is 1. The van der Waals surface area contributed by atoms with Crippen LogP contribution in [-0.4, -0.2) is 19.7 Å². The van der Waals surface area contributed by atoms with Gasteiger partial charge in [0.2, 0.25) is 4.33 Å². The second-order valence-corrected chi connectivity index (χ2v) is 9.03. The van der Waals surface area contributed by atoms with Crippen molar-refractivity contribution in [3.8, 4) is 0 Å². The molecule has 0 aromatic carbocycles.